The molecule has 0 N–H and O–H groups in total. The Morgan fingerprint density at radius 1 is 1.31 bits per heavy atom. The van der Waals surface area contributed by atoms with Gasteiger partial charge in [0.2, 0.25) is 0 Å². The van der Waals surface area contributed by atoms with Crippen molar-refractivity contribution >= 4 is 29.0 Å². The van der Waals surface area contributed by atoms with Crippen LogP contribution in [0.3, 0.4) is 0 Å². The lowest BCUT2D eigenvalue weighted by Crippen LogP contribution is -1.94. The second kappa shape index (κ2) is 3.99. The van der Waals surface area contributed by atoms with Gasteiger partial charge in [0.15, 0.2) is 11.5 Å². The number of ketones is 1. The molecule has 4 heteroatoms. The first-order valence-corrected chi connectivity index (χ1v) is 4.36. The molecule has 70 valence electrons. The highest BCUT2D eigenvalue weighted by atomic mass is 35.5. The summed E-state index contributed by atoms with van der Waals surface area (Å²) in [5.41, 5.74) is 0.482. The Morgan fingerprint density at radius 2 is 1.77 bits per heavy atom. The molecule has 0 aliphatic rings. The van der Waals surface area contributed by atoms with Crippen LogP contribution in [0.2, 0.25) is 10.0 Å². The molecule has 1 rings (SSSR count). The molecule has 0 saturated carbocycles. The number of hydrogen-bond donors (Lipinski definition) is 0. The van der Waals surface area contributed by atoms with Crippen molar-refractivity contribution in [2.75, 3.05) is 7.11 Å². The third-order valence-electron chi connectivity index (χ3n) is 1.61. The van der Waals surface area contributed by atoms with Crippen molar-refractivity contribution in [1.29, 1.82) is 0 Å². The number of methoxy groups -OCH3 is 1. The van der Waals surface area contributed by atoms with Crippen LogP contribution in [0.4, 0.5) is 0 Å². The number of rotatable bonds is 2. The van der Waals surface area contributed by atoms with Crippen LogP contribution in [-0.4, -0.2) is 12.9 Å². The van der Waals surface area contributed by atoms with Gasteiger partial charge in [-0.15, -0.1) is 0 Å². The van der Waals surface area contributed by atoms with Gasteiger partial charge in [-0.3, -0.25) is 4.79 Å². The van der Waals surface area contributed by atoms with Crippen molar-refractivity contribution in [2.24, 2.45) is 0 Å². The Balaban J connectivity index is 3.28. The lowest BCUT2D eigenvalue weighted by Gasteiger charge is -2.06. The molecule has 0 saturated heterocycles. The fourth-order valence-electron chi connectivity index (χ4n) is 0.958. The van der Waals surface area contributed by atoms with Crippen molar-refractivity contribution in [3.63, 3.8) is 0 Å². The molecular weight excluding hydrogens is 211 g/mol. The molecule has 1 aromatic rings. The molecule has 0 unspecified atom stereocenters. The first-order chi connectivity index (χ1) is 6.06. The topological polar surface area (TPSA) is 26.3 Å². The molecular formula is C9H8Cl2O2. The summed E-state index contributed by atoms with van der Waals surface area (Å²) in [5, 5.41) is 0.695. The molecule has 1 aromatic carbocycles. The molecule has 0 spiro atoms. The number of ether oxygens (including phenoxy) is 1. The molecule has 0 amide bonds. The van der Waals surface area contributed by atoms with E-state index in [0.717, 1.165) is 0 Å². The Bertz CT molecular complexity index is 324. The molecule has 0 aliphatic carbocycles. The maximum absolute atomic E-state index is 11.0. The van der Waals surface area contributed by atoms with Gasteiger partial charge in [-0.05, 0) is 19.1 Å². The maximum atomic E-state index is 11.0. The summed E-state index contributed by atoms with van der Waals surface area (Å²) >= 11 is 11.6. The third kappa shape index (κ3) is 2.14. The number of carbonyl (C=O) groups excluding carboxylic acids is 1. The predicted molar refractivity (Wildman–Crippen MR) is 53.0 cm³/mol. The molecule has 0 aromatic heterocycles. The number of carbonyl (C=O) groups is 1. The van der Waals surface area contributed by atoms with Gasteiger partial charge in [0, 0.05) is 5.56 Å². The average molecular weight is 219 g/mol. The Morgan fingerprint density at radius 3 is 2.08 bits per heavy atom. The molecule has 0 atom stereocenters. The largest absolute Gasteiger partial charge is 0.494 e. The standard InChI is InChI=1S/C9H8Cl2O2/c1-5(12)6-3-7(10)9(13-2)8(11)4-6/h3-4H,1-2H3. The Hall–Kier alpha value is -0.730. The van der Waals surface area contributed by atoms with Crippen LogP contribution < -0.4 is 4.74 Å². The summed E-state index contributed by atoms with van der Waals surface area (Å²) in [6.45, 7) is 1.45. The fourth-order valence-corrected chi connectivity index (χ4v) is 1.60. The van der Waals surface area contributed by atoms with E-state index in [-0.39, 0.29) is 5.78 Å². The SMILES string of the molecule is COc1c(Cl)cc(C(C)=O)cc1Cl. The fraction of sp³-hybridized carbons (Fsp3) is 0.222. The van der Waals surface area contributed by atoms with Gasteiger partial charge in [-0.25, -0.2) is 0 Å². The zero-order valence-electron chi connectivity index (χ0n) is 7.23. The molecule has 0 fully saturated rings. The minimum absolute atomic E-state index is 0.0774. The van der Waals surface area contributed by atoms with Crippen molar-refractivity contribution < 1.29 is 9.53 Å². The first kappa shape index (κ1) is 10.4. The number of halogens is 2. The second-order valence-electron chi connectivity index (χ2n) is 2.53. The summed E-state index contributed by atoms with van der Waals surface area (Å²) in [7, 11) is 1.47. The van der Waals surface area contributed by atoms with Gasteiger partial charge in [0.25, 0.3) is 0 Å². The van der Waals surface area contributed by atoms with Crippen LogP contribution in [0.1, 0.15) is 17.3 Å². The maximum Gasteiger partial charge on any atom is 0.159 e. The van der Waals surface area contributed by atoms with E-state index in [0.29, 0.717) is 21.4 Å². The van der Waals surface area contributed by atoms with Gasteiger partial charge in [-0.1, -0.05) is 23.2 Å². The average Bonchev–Trinajstić information content (AvgIpc) is 2.03. The summed E-state index contributed by atoms with van der Waals surface area (Å²) in [5.74, 6) is 0.319. The number of hydrogen-bond acceptors (Lipinski definition) is 2. The minimum Gasteiger partial charge on any atom is -0.494 e. The lowest BCUT2D eigenvalue weighted by atomic mass is 10.1. The van der Waals surface area contributed by atoms with Crippen LogP contribution in [0.25, 0.3) is 0 Å². The van der Waals surface area contributed by atoms with Gasteiger partial charge in [0.05, 0.1) is 17.2 Å². The van der Waals surface area contributed by atoms with Crippen molar-refractivity contribution in [1.82, 2.24) is 0 Å². The quantitative estimate of drug-likeness (QED) is 0.714. The van der Waals surface area contributed by atoms with Crippen molar-refractivity contribution in [3.05, 3.63) is 27.7 Å². The molecule has 0 aliphatic heterocycles. The van der Waals surface area contributed by atoms with Crippen LogP contribution >= 0.6 is 23.2 Å². The van der Waals surface area contributed by atoms with E-state index >= 15 is 0 Å². The van der Waals surface area contributed by atoms with E-state index in [2.05, 4.69) is 0 Å². The van der Waals surface area contributed by atoms with E-state index in [1.54, 1.807) is 0 Å². The zero-order valence-corrected chi connectivity index (χ0v) is 8.74. The zero-order chi connectivity index (χ0) is 10.0. The number of benzene rings is 1. The lowest BCUT2D eigenvalue weighted by molar-refractivity contribution is 0.101. The Labute approximate surface area is 86.4 Å². The molecule has 0 bridgehead atoms. The van der Waals surface area contributed by atoms with E-state index < -0.39 is 0 Å². The molecule has 2 nitrogen and oxygen atoms in total. The van der Waals surface area contributed by atoms with E-state index in [4.69, 9.17) is 27.9 Å². The first-order valence-electron chi connectivity index (χ1n) is 3.60. The smallest absolute Gasteiger partial charge is 0.159 e. The van der Waals surface area contributed by atoms with Crippen molar-refractivity contribution in [3.8, 4) is 5.75 Å². The van der Waals surface area contributed by atoms with Crippen molar-refractivity contribution in [2.45, 2.75) is 6.92 Å². The molecule has 0 radical (unpaired) electrons. The highest BCUT2D eigenvalue weighted by Gasteiger charge is 2.10. The summed E-state index contributed by atoms with van der Waals surface area (Å²) in [6.07, 6.45) is 0. The van der Waals surface area contributed by atoms with Crippen LogP contribution in [0.15, 0.2) is 12.1 Å². The van der Waals surface area contributed by atoms with Gasteiger partial charge in [-0.2, -0.15) is 0 Å². The Kier molecular flexibility index (Phi) is 3.17. The second-order valence-corrected chi connectivity index (χ2v) is 3.34. The highest BCUT2D eigenvalue weighted by Crippen LogP contribution is 2.33. The summed E-state index contributed by atoms with van der Waals surface area (Å²) in [4.78, 5) is 11.0. The highest BCUT2D eigenvalue weighted by molar-refractivity contribution is 6.37. The van der Waals surface area contributed by atoms with Gasteiger partial charge in [0.1, 0.15) is 0 Å². The van der Waals surface area contributed by atoms with Crippen LogP contribution in [-0.2, 0) is 0 Å². The molecule has 0 heterocycles. The monoisotopic (exact) mass is 218 g/mol. The number of Topliss-reactive ketones (excluding diaryl/α,β-unsaturated/α-hetero) is 1. The van der Waals surface area contributed by atoms with E-state index in [1.807, 2.05) is 0 Å². The van der Waals surface area contributed by atoms with E-state index in [1.165, 1.54) is 26.2 Å². The normalized spacial score (nSPS) is 9.85. The minimum atomic E-state index is -0.0774. The van der Waals surface area contributed by atoms with Gasteiger partial charge >= 0.3 is 0 Å². The van der Waals surface area contributed by atoms with Gasteiger partial charge < -0.3 is 4.74 Å². The van der Waals surface area contributed by atoms with E-state index in [9.17, 15) is 4.79 Å². The summed E-state index contributed by atoms with van der Waals surface area (Å²) in [6, 6.07) is 3.07. The van der Waals surface area contributed by atoms with Crippen LogP contribution in [0, 0.1) is 0 Å². The van der Waals surface area contributed by atoms with Crippen LogP contribution in [0.5, 0.6) is 5.75 Å². The third-order valence-corrected chi connectivity index (χ3v) is 2.17. The predicted octanol–water partition coefficient (Wildman–Crippen LogP) is 3.20. The molecule has 13 heavy (non-hydrogen) atoms. The summed E-state index contributed by atoms with van der Waals surface area (Å²) < 4.78 is 4.94.